The number of carbonyl (C=O) groups is 3. The zero-order valence-electron chi connectivity index (χ0n) is 58.0. The number of carboxylic acids is 1. The molecule has 2 unspecified atom stereocenters. The lowest BCUT2D eigenvalue weighted by Crippen LogP contribution is -2.44. The molecule has 0 heterocycles. The van der Waals surface area contributed by atoms with Gasteiger partial charge in [0, 0.05) is 12.8 Å². The maximum atomic E-state index is 12.9. The first-order chi connectivity index (χ1) is 43.6. The van der Waals surface area contributed by atoms with Crippen molar-refractivity contribution < 1.29 is 42.9 Å². The van der Waals surface area contributed by atoms with Crippen molar-refractivity contribution in [2.45, 2.75) is 309 Å². The summed E-state index contributed by atoms with van der Waals surface area (Å²) in [7, 11) is 5.92. The van der Waals surface area contributed by atoms with Crippen LogP contribution in [0, 0.1) is 0 Å². The van der Waals surface area contributed by atoms with Gasteiger partial charge in [0.05, 0.1) is 40.3 Å². The van der Waals surface area contributed by atoms with Crippen LogP contribution in [-0.2, 0) is 33.3 Å². The van der Waals surface area contributed by atoms with E-state index in [0.29, 0.717) is 17.4 Å². The molecule has 0 aliphatic heterocycles. The van der Waals surface area contributed by atoms with Crippen molar-refractivity contribution in [1.29, 1.82) is 0 Å². The summed E-state index contributed by atoms with van der Waals surface area (Å²) in [6.07, 6.45) is 96.8. The van der Waals surface area contributed by atoms with Gasteiger partial charge in [0.1, 0.15) is 13.2 Å². The van der Waals surface area contributed by atoms with Crippen LogP contribution in [0.15, 0.2) is 134 Å². The lowest BCUT2D eigenvalue weighted by Gasteiger charge is -2.26. The molecule has 0 rings (SSSR count). The van der Waals surface area contributed by atoms with E-state index < -0.39 is 24.3 Å². The van der Waals surface area contributed by atoms with Crippen molar-refractivity contribution in [2.75, 3.05) is 47.5 Å². The molecule has 0 spiro atoms. The van der Waals surface area contributed by atoms with E-state index in [0.717, 1.165) is 116 Å². The average molecular weight is 1240 g/mol. The van der Waals surface area contributed by atoms with Gasteiger partial charge in [-0.1, -0.05) is 321 Å². The SMILES string of the molecule is CC/C=C\C/C=C\C/C=C\C/C=C\C/C=C\C/C=C\C/C=C\C/C=C\C/C=C\C/C=C\C/C=C\CCCCCCCCCC(=O)OC(COC(=O)CCCCCCCCCCCCCCCCCCCCCCCCC)COC(OCC[N+](C)(C)C)C(=O)[O-]. The van der Waals surface area contributed by atoms with Crippen LogP contribution < -0.4 is 5.11 Å². The van der Waals surface area contributed by atoms with Crippen LogP contribution in [0.1, 0.15) is 296 Å². The fourth-order valence-electron chi connectivity index (χ4n) is 9.90. The largest absolute Gasteiger partial charge is 0.545 e. The van der Waals surface area contributed by atoms with Crippen molar-refractivity contribution >= 4 is 17.9 Å². The summed E-state index contributed by atoms with van der Waals surface area (Å²) < 4.78 is 22.8. The van der Waals surface area contributed by atoms with Crippen molar-refractivity contribution in [3.63, 3.8) is 0 Å². The number of allylic oxidation sites excluding steroid dienone is 22. The van der Waals surface area contributed by atoms with Crippen LogP contribution in [0.5, 0.6) is 0 Å². The van der Waals surface area contributed by atoms with E-state index in [2.05, 4.69) is 148 Å². The quantitative estimate of drug-likeness (QED) is 0.0195. The molecule has 508 valence electrons. The molecule has 0 aromatic carbocycles. The summed E-state index contributed by atoms with van der Waals surface area (Å²) in [6.45, 7) is 4.64. The fraction of sp³-hybridized carbons (Fsp3) is 0.688. The molecule has 0 bridgehead atoms. The summed E-state index contributed by atoms with van der Waals surface area (Å²) in [6, 6.07) is 0. The number of unbranched alkanes of at least 4 members (excludes halogenated alkanes) is 29. The Morgan fingerprint density at radius 3 is 0.955 bits per heavy atom. The number of quaternary nitrogens is 1. The van der Waals surface area contributed by atoms with E-state index in [1.807, 2.05) is 21.1 Å². The molecule has 0 saturated heterocycles. The van der Waals surface area contributed by atoms with E-state index in [1.165, 1.54) is 148 Å². The average Bonchev–Trinajstić information content (AvgIpc) is 3.64. The first kappa shape index (κ1) is 84.4. The molecule has 9 nitrogen and oxygen atoms in total. The molecule has 0 N–H and O–H groups in total. The van der Waals surface area contributed by atoms with E-state index in [9.17, 15) is 19.5 Å². The molecule has 0 radical (unpaired) electrons. The number of likely N-dealkylation sites (N-methyl/N-ethyl adjacent to an activating group) is 1. The van der Waals surface area contributed by atoms with Gasteiger partial charge in [0.2, 0.25) is 0 Å². The Hall–Kier alpha value is -4.57. The van der Waals surface area contributed by atoms with Crippen LogP contribution >= 0.6 is 0 Å². The van der Waals surface area contributed by atoms with Crippen LogP contribution in [0.25, 0.3) is 0 Å². The van der Waals surface area contributed by atoms with Gasteiger partial charge in [-0.3, -0.25) is 9.59 Å². The summed E-state index contributed by atoms with van der Waals surface area (Å²) in [4.78, 5) is 37.5. The second kappa shape index (κ2) is 69.3. The van der Waals surface area contributed by atoms with Gasteiger partial charge in [-0.05, 0) is 96.3 Å². The van der Waals surface area contributed by atoms with Crippen LogP contribution in [0.2, 0.25) is 0 Å². The number of hydrogen-bond donors (Lipinski definition) is 0. The van der Waals surface area contributed by atoms with Crippen molar-refractivity contribution in [3.8, 4) is 0 Å². The molecule has 0 fully saturated rings. The lowest BCUT2D eigenvalue weighted by atomic mass is 10.0. The predicted molar refractivity (Wildman–Crippen MR) is 379 cm³/mol. The number of ether oxygens (including phenoxy) is 4. The summed E-state index contributed by atoms with van der Waals surface area (Å²) in [5.74, 6) is -2.29. The molecule has 0 amide bonds. The van der Waals surface area contributed by atoms with E-state index in [4.69, 9.17) is 18.9 Å². The third-order valence-electron chi connectivity index (χ3n) is 15.4. The number of aliphatic carboxylic acids is 1. The molecule has 89 heavy (non-hydrogen) atoms. The number of nitrogens with zero attached hydrogens (tertiary/aromatic N) is 1. The van der Waals surface area contributed by atoms with Gasteiger partial charge >= 0.3 is 11.9 Å². The third kappa shape index (κ3) is 70.7. The lowest BCUT2D eigenvalue weighted by molar-refractivity contribution is -0.870. The standard InChI is InChI=1S/C80H135NO8/c1-6-8-10-12-14-16-18-20-22-24-26-28-30-31-32-33-34-35-36-37-38-39-40-41-42-43-44-45-46-47-49-51-53-55-57-59-61-63-65-67-69-71-78(83)89-76(75-88-80(79(84)85)86-73-72-81(3,4)5)74-87-77(82)70-68-66-64-62-60-58-56-54-52-50-48-29-27-25-23-21-19-17-15-13-11-9-7-2/h8,10,14,16,20,22,26,28,31-32,34-35,37-38,40-41,43-44,46-47,51,53,76,80H,6-7,9,11-13,15,17-19,21,23-25,27,29-30,33,36,39,42,45,48-50,52,54-75H2,1-5H3/b10-8-,16-14-,22-20-,28-26-,32-31-,35-34-,38-37-,41-40-,44-43-,47-46-,53-51-. The number of hydrogen-bond acceptors (Lipinski definition) is 8. The number of esters is 2. The third-order valence-corrected chi connectivity index (χ3v) is 15.4. The Morgan fingerprint density at radius 1 is 0.348 bits per heavy atom. The van der Waals surface area contributed by atoms with Gasteiger partial charge in [0.15, 0.2) is 12.4 Å². The summed E-state index contributed by atoms with van der Waals surface area (Å²) >= 11 is 0. The molecular formula is C80H135NO8. The molecule has 0 saturated carbocycles. The highest BCUT2D eigenvalue weighted by molar-refractivity contribution is 5.70. The second-order valence-corrected chi connectivity index (χ2v) is 25.2. The van der Waals surface area contributed by atoms with E-state index in [1.54, 1.807) is 0 Å². The number of carbonyl (C=O) groups excluding carboxylic acids is 3. The molecular weight excluding hydrogens is 1100 g/mol. The summed E-state index contributed by atoms with van der Waals surface area (Å²) in [5.41, 5.74) is 0. The highest BCUT2D eigenvalue weighted by Gasteiger charge is 2.22. The maximum Gasteiger partial charge on any atom is 0.306 e. The highest BCUT2D eigenvalue weighted by atomic mass is 16.7. The van der Waals surface area contributed by atoms with Crippen LogP contribution in [0.4, 0.5) is 0 Å². The Labute approximate surface area is 548 Å². The number of rotatable bonds is 66. The predicted octanol–water partition coefficient (Wildman–Crippen LogP) is 21.6. The first-order valence-corrected chi connectivity index (χ1v) is 36.3. The Balaban J connectivity index is 4.16. The normalized spacial score (nSPS) is 13.5. The van der Waals surface area contributed by atoms with Gasteiger partial charge in [-0.2, -0.15) is 0 Å². The minimum absolute atomic E-state index is 0.141. The fourth-order valence-corrected chi connectivity index (χ4v) is 9.90. The highest BCUT2D eigenvalue weighted by Crippen LogP contribution is 2.17. The van der Waals surface area contributed by atoms with Gasteiger partial charge in [-0.15, -0.1) is 0 Å². The monoisotopic (exact) mass is 1240 g/mol. The molecule has 9 heteroatoms. The van der Waals surface area contributed by atoms with Gasteiger partial charge in [0.25, 0.3) is 0 Å². The van der Waals surface area contributed by atoms with Crippen LogP contribution in [0.3, 0.4) is 0 Å². The topological polar surface area (TPSA) is 111 Å². The first-order valence-electron chi connectivity index (χ1n) is 36.3. The number of carboxylic acid groups (broad SMARTS) is 1. The summed E-state index contributed by atoms with van der Waals surface area (Å²) in [5, 5.41) is 11.8. The zero-order chi connectivity index (χ0) is 64.7. The molecule has 0 aliphatic rings. The molecule has 0 aliphatic carbocycles. The molecule has 2 atom stereocenters. The Bertz CT molecular complexity index is 1930. The minimum Gasteiger partial charge on any atom is -0.545 e. The van der Waals surface area contributed by atoms with E-state index in [-0.39, 0.29) is 38.6 Å². The smallest absolute Gasteiger partial charge is 0.306 e. The van der Waals surface area contributed by atoms with E-state index >= 15 is 0 Å². The van der Waals surface area contributed by atoms with Crippen molar-refractivity contribution in [3.05, 3.63) is 134 Å². The Kier molecular flexibility index (Phi) is 65.8. The maximum absolute atomic E-state index is 12.9. The minimum atomic E-state index is -1.63. The second-order valence-electron chi connectivity index (χ2n) is 25.2. The van der Waals surface area contributed by atoms with Crippen molar-refractivity contribution in [2.24, 2.45) is 0 Å². The van der Waals surface area contributed by atoms with Crippen molar-refractivity contribution in [1.82, 2.24) is 0 Å². The molecule has 0 aromatic rings. The van der Waals surface area contributed by atoms with Crippen LogP contribution in [-0.4, -0.2) is 82.3 Å². The zero-order valence-corrected chi connectivity index (χ0v) is 58.0. The molecule has 0 aromatic heterocycles. The Morgan fingerprint density at radius 2 is 0.640 bits per heavy atom. The van der Waals surface area contributed by atoms with Gasteiger partial charge < -0.3 is 33.3 Å². The van der Waals surface area contributed by atoms with Gasteiger partial charge in [-0.25, -0.2) is 0 Å².